The fourth-order valence-corrected chi connectivity index (χ4v) is 10.3. The average Bonchev–Trinajstić information content (AvgIpc) is 3.35. The Labute approximate surface area is 268 Å². The zero-order valence-electron chi connectivity index (χ0n) is 27.0. The van der Waals surface area contributed by atoms with Crippen molar-refractivity contribution in [1.82, 2.24) is 5.32 Å². The van der Waals surface area contributed by atoms with Crippen LogP contribution < -0.4 is 15.0 Å². The molecule has 10 heteroatoms. The highest BCUT2D eigenvalue weighted by Gasteiger charge is 2.68. The smallest absolute Gasteiger partial charge is 0.481 e. The summed E-state index contributed by atoms with van der Waals surface area (Å²) in [6.45, 7) is 8.14. The number of nitrogens with one attached hydrogen (secondary N) is 1. The minimum Gasteiger partial charge on any atom is -0.490 e. The van der Waals surface area contributed by atoms with Crippen LogP contribution in [0.3, 0.4) is 0 Å². The number of nitrogens with zero attached hydrogens (tertiary/aromatic N) is 1. The van der Waals surface area contributed by atoms with Gasteiger partial charge >= 0.3 is 7.12 Å². The predicted octanol–water partition coefficient (Wildman–Crippen LogP) is 5.09. The van der Waals surface area contributed by atoms with E-state index in [0.717, 1.165) is 49.9 Å². The van der Waals surface area contributed by atoms with Crippen molar-refractivity contribution in [3.63, 3.8) is 0 Å². The summed E-state index contributed by atoms with van der Waals surface area (Å²) in [5.41, 5.74) is 1.64. The van der Waals surface area contributed by atoms with Crippen LogP contribution in [0.2, 0.25) is 0 Å². The molecule has 8 nitrogen and oxygen atoms in total. The van der Waals surface area contributed by atoms with Crippen LogP contribution in [0.15, 0.2) is 53.4 Å². The van der Waals surface area contributed by atoms with Gasteiger partial charge in [-0.1, -0.05) is 63.4 Å². The maximum atomic E-state index is 14.2. The molecular formula is C35H47BN2O6S. The monoisotopic (exact) mass is 634 g/mol. The van der Waals surface area contributed by atoms with Crippen molar-refractivity contribution in [3.05, 3.63) is 54.1 Å². The lowest BCUT2D eigenvalue weighted by Gasteiger charge is -2.64. The van der Waals surface area contributed by atoms with E-state index in [1.807, 2.05) is 37.4 Å². The second-order valence-corrected chi connectivity index (χ2v) is 17.1. The van der Waals surface area contributed by atoms with Crippen molar-refractivity contribution in [3.8, 4) is 5.75 Å². The van der Waals surface area contributed by atoms with E-state index in [9.17, 15) is 13.2 Å². The first-order valence-corrected chi connectivity index (χ1v) is 18.5. The Kier molecular flexibility index (Phi) is 8.01. The number of amides is 1. The molecule has 0 aromatic heterocycles. The molecule has 5 fully saturated rings. The van der Waals surface area contributed by atoms with E-state index in [0.29, 0.717) is 36.5 Å². The molecule has 0 unspecified atom stereocenters. The van der Waals surface area contributed by atoms with E-state index < -0.39 is 22.9 Å². The van der Waals surface area contributed by atoms with Crippen LogP contribution in [0.25, 0.3) is 0 Å². The number of carbonyl (C=O) groups is 1. The lowest BCUT2D eigenvalue weighted by atomic mass is 9.43. The van der Waals surface area contributed by atoms with Crippen LogP contribution in [-0.4, -0.2) is 65.0 Å². The highest BCUT2D eigenvalue weighted by molar-refractivity contribution is 7.91. The minimum absolute atomic E-state index is 0.0193. The molecule has 2 bridgehead atoms. The highest BCUT2D eigenvalue weighted by Crippen LogP contribution is 2.65. The molecule has 2 aromatic rings. The molecule has 1 N–H and O–H groups in total. The number of ether oxygens (including phenoxy) is 1. The molecule has 4 aliphatic carbocycles. The average molecular weight is 635 g/mol. The van der Waals surface area contributed by atoms with Crippen LogP contribution in [0.5, 0.6) is 5.75 Å². The molecule has 6 aliphatic rings. The molecule has 1 amide bonds. The van der Waals surface area contributed by atoms with Crippen LogP contribution in [0.1, 0.15) is 64.9 Å². The molecule has 0 spiro atoms. The summed E-state index contributed by atoms with van der Waals surface area (Å²) in [4.78, 5) is 16.5. The second kappa shape index (κ2) is 11.6. The molecule has 6 atom stereocenters. The van der Waals surface area contributed by atoms with Crippen molar-refractivity contribution >= 4 is 28.6 Å². The number of likely N-dealkylation sites (N-methyl/N-ethyl adjacent to an activating group) is 1. The van der Waals surface area contributed by atoms with Crippen LogP contribution in [0, 0.1) is 29.1 Å². The van der Waals surface area contributed by atoms with Gasteiger partial charge in [-0.2, -0.15) is 0 Å². The standard InChI is InChI=1S/C35H47BN2O6S/c1-34(2)26-19-30(34)35(3)31(20-26)43-36(44-35)32(18-24-11-8-12-24)37-33(39)25(17-23-9-6-5-7-10-23)22-45(40,41)27-13-14-28-29(21-27)42-16-15-38(28)4/h5-7,9-10,13-14,21,24-26,30-32H,8,11-12,15-20,22H2,1-4H3,(H,37,39)/t25-,26+,30+,31-,32+,35+/m1/s1. The summed E-state index contributed by atoms with van der Waals surface area (Å²) in [7, 11) is -2.38. The third kappa shape index (κ3) is 5.69. The Morgan fingerprint density at radius 3 is 2.60 bits per heavy atom. The van der Waals surface area contributed by atoms with Gasteiger partial charge in [0.1, 0.15) is 12.4 Å². The van der Waals surface area contributed by atoms with E-state index in [4.69, 9.17) is 14.0 Å². The van der Waals surface area contributed by atoms with Crippen molar-refractivity contribution in [1.29, 1.82) is 0 Å². The maximum absolute atomic E-state index is 14.2. The number of anilines is 1. The fourth-order valence-electron chi connectivity index (χ4n) is 8.72. The Morgan fingerprint density at radius 1 is 1.11 bits per heavy atom. The SMILES string of the molecule is CN1CCOc2cc(S(=O)(=O)C[C@@H](Cc3ccccc3)C(=O)N[C@@H](CC3CCC3)B3O[C@@H]4C[C@@H]5C[C@@H](C5(C)C)[C@]4(C)O3)ccc21. The lowest BCUT2D eigenvalue weighted by molar-refractivity contribution is -0.199. The lowest BCUT2D eigenvalue weighted by Crippen LogP contribution is -2.65. The van der Waals surface area contributed by atoms with Gasteiger partial charge in [0.05, 0.1) is 46.4 Å². The molecule has 242 valence electrons. The molecule has 2 aromatic carbocycles. The van der Waals surface area contributed by atoms with Crippen molar-refractivity contribution in [2.75, 3.05) is 30.9 Å². The molecular weight excluding hydrogens is 587 g/mol. The number of carbonyl (C=O) groups excluding carboxylic acids is 1. The van der Waals surface area contributed by atoms with E-state index in [-0.39, 0.29) is 39.6 Å². The molecule has 0 radical (unpaired) electrons. The summed E-state index contributed by atoms with van der Waals surface area (Å²) in [5.74, 6) is 0.439. The number of fused-ring (bicyclic) bond motifs is 1. The van der Waals surface area contributed by atoms with Gasteiger partial charge in [0.25, 0.3) is 0 Å². The van der Waals surface area contributed by atoms with E-state index in [1.165, 1.54) is 6.42 Å². The van der Waals surface area contributed by atoms with Gasteiger partial charge in [-0.15, -0.1) is 0 Å². The fraction of sp³-hybridized carbons (Fsp3) is 0.629. The van der Waals surface area contributed by atoms with Gasteiger partial charge in [-0.05, 0) is 73.5 Å². The van der Waals surface area contributed by atoms with Gasteiger partial charge in [-0.25, -0.2) is 8.42 Å². The van der Waals surface area contributed by atoms with Crippen molar-refractivity contribution < 1.29 is 27.3 Å². The van der Waals surface area contributed by atoms with Crippen LogP contribution >= 0.6 is 0 Å². The summed E-state index contributed by atoms with van der Waals surface area (Å²) in [6, 6.07) is 14.7. The molecule has 8 rings (SSSR count). The Hall–Kier alpha value is -2.56. The van der Waals surface area contributed by atoms with E-state index in [1.54, 1.807) is 18.2 Å². The summed E-state index contributed by atoms with van der Waals surface area (Å²) >= 11 is 0. The normalized spacial score (nSPS) is 29.8. The Morgan fingerprint density at radius 2 is 1.89 bits per heavy atom. The Balaban J connectivity index is 1.13. The first kappa shape index (κ1) is 31.1. The second-order valence-electron chi connectivity index (χ2n) is 15.1. The number of hydrogen-bond donors (Lipinski definition) is 1. The maximum Gasteiger partial charge on any atom is 0.481 e. The molecule has 4 saturated carbocycles. The van der Waals surface area contributed by atoms with E-state index in [2.05, 4.69) is 31.0 Å². The van der Waals surface area contributed by atoms with Gasteiger partial charge < -0.3 is 24.3 Å². The van der Waals surface area contributed by atoms with Gasteiger partial charge in [0.2, 0.25) is 5.91 Å². The summed E-state index contributed by atoms with van der Waals surface area (Å²) in [5, 5.41) is 3.30. The van der Waals surface area contributed by atoms with Crippen LogP contribution in [0.4, 0.5) is 5.69 Å². The van der Waals surface area contributed by atoms with E-state index >= 15 is 0 Å². The molecule has 45 heavy (non-hydrogen) atoms. The Bertz CT molecular complexity index is 1530. The topological polar surface area (TPSA) is 94.2 Å². The van der Waals surface area contributed by atoms with Gasteiger partial charge in [-0.3, -0.25) is 4.79 Å². The predicted molar refractivity (Wildman–Crippen MR) is 175 cm³/mol. The van der Waals surface area contributed by atoms with Crippen molar-refractivity contribution in [2.45, 2.75) is 88.3 Å². The first-order valence-electron chi connectivity index (χ1n) is 16.8. The zero-order valence-corrected chi connectivity index (χ0v) is 27.9. The van der Waals surface area contributed by atoms with Gasteiger partial charge in [0, 0.05) is 13.1 Å². The van der Waals surface area contributed by atoms with Gasteiger partial charge in [0.15, 0.2) is 9.84 Å². The number of benzene rings is 2. The molecule has 2 heterocycles. The molecule has 1 saturated heterocycles. The quantitative estimate of drug-likeness (QED) is 0.364. The summed E-state index contributed by atoms with van der Waals surface area (Å²) in [6.07, 6.45) is 6.72. The largest absolute Gasteiger partial charge is 0.490 e. The zero-order chi connectivity index (χ0) is 31.6. The highest BCUT2D eigenvalue weighted by atomic mass is 32.2. The number of hydrogen-bond acceptors (Lipinski definition) is 7. The minimum atomic E-state index is -3.81. The number of rotatable bonds is 10. The van der Waals surface area contributed by atoms with Crippen molar-refractivity contribution in [2.24, 2.45) is 29.1 Å². The van der Waals surface area contributed by atoms with Crippen LogP contribution in [-0.2, 0) is 30.4 Å². The molecule has 2 aliphatic heterocycles. The number of sulfone groups is 1. The third-order valence-electron chi connectivity index (χ3n) is 11.9. The first-order chi connectivity index (χ1) is 21.4. The third-order valence-corrected chi connectivity index (χ3v) is 13.8. The summed E-state index contributed by atoms with van der Waals surface area (Å²) < 4.78 is 47.1.